The van der Waals surface area contributed by atoms with E-state index in [9.17, 15) is 19.2 Å². The molecule has 0 aliphatic rings. The highest BCUT2D eigenvalue weighted by atomic mass is 16.4. The summed E-state index contributed by atoms with van der Waals surface area (Å²) in [5.41, 5.74) is 7.47. The quantitative estimate of drug-likeness (QED) is 0.342. The van der Waals surface area contributed by atoms with Crippen molar-refractivity contribution in [1.82, 2.24) is 10.3 Å². The molecule has 9 heteroatoms. The maximum atomic E-state index is 11.7. The number of carboxylic acid groups (broad SMARTS) is 2. The van der Waals surface area contributed by atoms with Crippen molar-refractivity contribution < 1.29 is 29.4 Å². The highest BCUT2D eigenvalue weighted by Crippen LogP contribution is 2.14. The number of nitrogens with two attached hydrogens (primary N) is 1. The number of H-pyrrole nitrogens is 1. The zero-order valence-electron chi connectivity index (χ0n) is 17.3. The molecule has 0 radical (unpaired) electrons. The summed E-state index contributed by atoms with van der Waals surface area (Å²) >= 11 is 0. The first-order chi connectivity index (χ1) is 15.2. The van der Waals surface area contributed by atoms with Crippen LogP contribution in [0.3, 0.4) is 0 Å². The minimum absolute atomic E-state index is 0.00873. The van der Waals surface area contributed by atoms with Crippen LogP contribution in [0, 0.1) is 0 Å². The molecular formula is C23H25N3O6. The molecule has 1 heterocycles. The van der Waals surface area contributed by atoms with Crippen LogP contribution in [0.5, 0.6) is 0 Å². The Morgan fingerprint density at radius 2 is 1.59 bits per heavy atom. The molecule has 3 rings (SSSR count). The number of carboxylic acids is 2. The van der Waals surface area contributed by atoms with Crippen molar-refractivity contribution in [2.75, 3.05) is 0 Å². The molecule has 0 spiro atoms. The van der Waals surface area contributed by atoms with Gasteiger partial charge in [-0.15, -0.1) is 0 Å². The number of aromatic amines is 1. The number of benzene rings is 2. The summed E-state index contributed by atoms with van der Waals surface area (Å²) in [7, 11) is 0. The van der Waals surface area contributed by atoms with Crippen molar-refractivity contribution in [1.29, 1.82) is 0 Å². The summed E-state index contributed by atoms with van der Waals surface area (Å²) in [5.74, 6) is -2.99. The molecule has 2 amide bonds. The number of carbonyl (C=O) groups is 4. The number of para-hydroxylation sites is 1. The molecule has 32 heavy (non-hydrogen) atoms. The average Bonchev–Trinajstić information content (AvgIpc) is 3.13. The molecule has 0 unspecified atom stereocenters. The van der Waals surface area contributed by atoms with Crippen LogP contribution in [0.1, 0.15) is 24.1 Å². The molecule has 168 valence electrons. The van der Waals surface area contributed by atoms with Gasteiger partial charge in [-0.2, -0.15) is 0 Å². The lowest BCUT2D eigenvalue weighted by Gasteiger charge is -2.13. The van der Waals surface area contributed by atoms with Gasteiger partial charge in [-0.3, -0.25) is 14.4 Å². The molecule has 0 fully saturated rings. The largest absolute Gasteiger partial charge is 0.481 e. The first-order valence-electron chi connectivity index (χ1n) is 9.87. The van der Waals surface area contributed by atoms with Crippen LogP contribution in [-0.2, 0) is 32.0 Å². The van der Waals surface area contributed by atoms with Gasteiger partial charge in [-0.25, -0.2) is 4.79 Å². The monoisotopic (exact) mass is 439 g/mol. The maximum absolute atomic E-state index is 11.7. The summed E-state index contributed by atoms with van der Waals surface area (Å²) in [6.45, 7) is 0. The zero-order chi connectivity index (χ0) is 23.5. The normalized spacial score (nSPS) is 11.1. The number of fused-ring (bicyclic) bond motifs is 1. The molecule has 9 nitrogen and oxygen atoms in total. The van der Waals surface area contributed by atoms with Crippen molar-refractivity contribution >= 4 is 34.7 Å². The Labute approximate surface area is 184 Å². The number of rotatable bonds is 9. The van der Waals surface area contributed by atoms with E-state index >= 15 is 0 Å². The molecule has 0 saturated heterocycles. The molecule has 6 N–H and O–H groups in total. The van der Waals surface area contributed by atoms with Gasteiger partial charge < -0.3 is 26.2 Å². The van der Waals surface area contributed by atoms with Gasteiger partial charge in [0.1, 0.15) is 6.04 Å². The van der Waals surface area contributed by atoms with Crippen LogP contribution in [0.25, 0.3) is 10.9 Å². The standard InChI is InChI=1S/C13H16N2O4.C10H9NO2/c14-11(16)7-6-10(13(18)19)15-12(17)8-9-4-2-1-3-5-9;12-10(13)6-8-5-7-3-1-2-4-9(7)11-8/h1-5,10H,6-8H2,(H2,14,16)(H,15,17)(H,18,19);1-5,11H,6H2,(H,12,13)/t10-;/m0./s1. The number of hydrogen-bond acceptors (Lipinski definition) is 4. The van der Waals surface area contributed by atoms with E-state index in [0.29, 0.717) is 0 Å². The van der Waals surface area contributed by atoms with Crippen molar-refractivity contribution in [2.24, 2.45) is 5.73 Å². The third kappa shape index (κ3) is 8.31. The van der Waals surface area contributed by atoms with E-state index in [1.54, 1.807) is 24.3 Å². The van der Waals surface area contributed by atoms with Gasteiger partial charge in [0.05, 0.1) is 12.8 Å². The minimum atomic E-state index is -1.18. The molecule has 0 saturated carbocycles. The van der Waals surface area contributed by atoms with Crippen LogP contribution >= 0.6 is 0 Å². The van der Waals surface area contributed by atoms with Gasteiger partial charge >= 0.3 is 11.9 Å². The SMILES string of the molecule is NC(=O)CC[C@H](NC(=O)Cc1ccccc1)C(=O)O.O=C(O)Cc1cc2ccccc2[nH]1. The Balaban J connectivity index is 0.000000242. The van der Waals surface area contributed by atoms with E-state index in [4.69, 9.17) is 15.9 Å². The molecule has 0 bridgehead atoms. The minimum Gasteiger partial charge on any atom is -0.481 e. The smallest absolute Gasteiger partial charge is 0.326 e. The average molecular weight is 439 g/mol. The Morgan fingerprint density at radius 1 is 0.938 bits per heavy atom. The van der Waals surface area contributed by atoms with Crippen molar-refractivity contribution in [3.8, 4) is 0 Å². The molecule has 1 atom stereocenters. The topological polar surface area (TPSA) is 163 Å². The van der Waals surface area contributed by atoms with Gasteiger partial charge in [-0.1, -0.05) is 48.5 Å². The van der Waals surface area contributed by atoms with Gasteiger partial charge in [-0.05, 0) is 29.5 Å². The summed E-state index contributed by atoms with van der Waals surface area (Å²) in [5, 5.41) is 20.9. The molecule has 3 aromatic rings. The Morgan fingerprint density at radius 3 is 2.19 bits per heavy atom. The fourth-order valence-corrected chi connectivity index (χ4v) is 2.96. The lowest BCUT2D eigenvalue weighted by atomic mass is 10.1. The molecule has 1 aromatic heterocycles. The first kappa shape index (κ1) is 24.1. The van der Waals surface area contributed by atoms with Crippen LogP contribution in [0.2, 0.25) is 0 Å². The number of aromatic nitrogens is 1. The molecular weight excluding hydrogens is 414 g/mol. The Hall–Kier alpha value is -4.14. The molecule has 2 aromatic carbocycles. The highest BCUT2D eigenvalue weighted by molar-refractivity contribution is 5.85. The van der Waals surface area contributed by atoms with Crippen LogP contribution < -0.4 is 11.1 Å². The number of hydrogen-bond donors (Lipinski definition) is 5. The first-order valence-corrected chi connectivity index (χ1v) is 9.87. The second-order valence-electron chi connectivity index (χ2n) is 7.08. The third-order valence-electron chi connectivity index (χ3n) is 4.45. The third-order valence-corrected chi connectivity index (χ3v) is 4.45. The lowest BCUT2D eigenvalue weighted by molar-refractivity contribution is -0.142. The molecule has 0 aliphatic heterocycles. The summed E-state index contributed by atoms with van der Waals surface area (Å²) in [6.07, 6.45) is 0.0592. The van der Waals surface area contributed by atoms with E-state index in [2.05, 4.69) is 10.3 Å². The van der Waals surface area contributed by atoms with E-state index < -0.39 is 29.8 Å². The Bertz CT molecular complexity index is 1040. The van der Waals surface area contributed by atoms with Crippen molar-refractivity contribution in [2.45, 2.75) is 31.7 Å². The summed E-state index contributed by atoms with van der Waals surface area (Å²) in [6, 6.07) is 17.5. The van der Waals surface area contributed by atoms with E-state index in [-0.39, 0.29) is 25.7 Å². The summed E-state index contributed by atoms with van der Waals surface area (Å²) in [4.78, 5) is 46.7. The van der Waals surface area contributed by atoms with E-state index in [0.717, 1.165) is 22.2 Å². The lowest BCUT2D eigenvalue weighted by Crippen LogP contribution is -2.42. The number of primary amides is 1. The van der Waals surface area contributed by atoms with Gasteiger partial charge in [0.25, 0.3) is 0 Å². The second kappa shape index (κ2) is 11.9. The van der Waals surface area contributed by atoms with Crippen LogP contribution in [0.4, 0.5) is 0 Å². The van der Waals surface area contributed by atoms with Crippen molar-refractivity contribution in [3.05, 3.63) is 71.9 Å². The fourth-order valence-electron chi connectivity index (χ4n) is 2.96. The zero-order valence-corrected chi connectivity index (χ0v) is 17.3. The highest BCUT2D eigenvalue weighted by Gasteiger charge is 2.20. The number of amides is 2. The van der Waals surface area contributed by atoms with Gasteiger partial charge in [0.2, 0.25) is 11.8 Å². The predicted octanol–water partition coefficient (Wildman–Crippen LogP) is 1.86. The van der Waals surface area contributed by atoms with Gasteiger partial charge in [0.15, 0.2) is 0 Å². The Kier molecular flexibility index (Phi) is 8.97. The van der Waals surface area contributed by atoms with Crippen LogP contribution in [-0.4, -0.2) is 45.0 Å². The van der Waals surface area contributed by atoms with Gasteiger partial charge in [0, 0.05) is 17.6 Å². The number of nitrogens with one attached hydrogen (secondary N) is 2. The summed E-state index contributed by atoms with van der Waals surface area (Å²) < 4.78 is 0. The predicted molar refractivity (Wildman–Crippen MR) is 118 cm³/mol. The van der Waals surface area contributed by atoms with E-state index in [1.165, 1.54) is 0 Å². The van der Waals surface area contributed by atoms with E-state index in [1.807, 2.05) is 36.4 Å². The molecule has 0 aliphatic carbocycles. The fraction of sp³-hybridized carbons (Fsp3) is 0.217. The second-order valence-corrected chi connectivity index (χ2v) is 7.08. The maximum Gasteiger partial charge on any atom is 0.326 e. The van der Waals surface area contributed by atoms with Crippen LogP contribution in [0.15, 0.2) is 60.7 Å². The number of aliphatic carboxylic acids is 2. The van der Waals surface area contributed by atoms with Crippen molar-refractivity contribution in [3.63, 3.8) is 0 Å². The number of carbonyl (C=O) groups excluding carboxylic acids is 2.